The van der Waals surface area contributed by atoms with E-state index in [0.29, 0.717) is 0 Å². The summed E-state index contributed by atoms with van der Waals surface area (Å²) in [5.74, 6) is 0. The number of aliphatic imine (C=N–C) groups is 1. The number of rotatable bonds is 6. The van der Waals surface area contributed by atoms with Crippen molar-refractivity contribution in [3.63, 3.8) is 0 Å². The molecule has 0 amide bonds. The van der Waals surface area contributed by atoms with E-state index < -0.39 is 0 Å². The van der Waals surface area contributed by atoms with Crippen LogP contribution in [0.5, 0.6) is 0 Å². The second-order valence-corrected chi connectivity index (χ2v) is 6.61. The highest BCUT2D eigenvalue weighted by Crippen LogP contribution is 2.21. The van der Waals surface area contributed by atoms with Crippen molar-refractivity contribution in [2.75, 3.05) is 5.32 Å². The molecule has 4 rings (SSSR count). The number of hydrogen-bond donors (Lipinski definition) is 1. The first-order valence-electron chi connectivity index (χ1n) is 9.67. The first kappa shape index (κ1) is 18.5. The minimum absolute atomic E-state index is 0.902. The van der Waals surface area contributed by atoms with Crippen LogP contribution in [-0.2, 0) is 0 Å². The highest BCUT2D eigenvalue weighted by molar-refractivity contribution is 6.14. The van der Waals surface area contributed by atoms with Crippen molar-refractivity contribution < 1.29 is 0 Å². The monoisotopic (exact) mass is 374 g/mol. The molecule has 0 aliphatic rings. The van der Waals surface area contributed by atoms with E-state index in [1.54, 1.807) is 0 Å². The van der Waals surface area contributed by atoms with E-state index in [0.717, 1.165) is 33.9 Å². The third-order valence-corrected chi connectivity index (χ3v) is 4.49. The zero-order valence-electron chi connectivity index (χ0n) is 16.1. The predicted octanol–water partition coefficient (Wildman–Crippen LogP) is 6.96. The minimum atomic E-state index is 0.902. The second-order valence-electron chi connectivity index (χ2n) is 6.61. The summed E-state index contributed by atoms with van der Waals surface area (Å²) in [7, 11) is 0. The third-order valence-electron chi connectivity index (χ3n) is 4.49. The van der Waals surface area contributed by atoms with Crippen molar-refractivity contribution in [1.82, 2.24) is 0 Å². The van der Waals surface area contributed by atoms with Crippen LogP contribution < -0.4 is 5.32 Å². The van der Waals surface area contributed by atoms with Gasteiger partial charge in [0.1, 0.15) is 0 Å². The van der Waals surface area contributed by atoms with Gasteiger partial charge in [0.25, 0.3) is 0 Å². The van der Waals surface area contributed by atoms with Gasteiger partial charge in [-0.25, -0.2) is 4.99 Å². The van der Waals surface area contributed by atoms with Crippen molar-refractivity contribution >= 4 is 22.8 Å². The highest BCUT2D eigenvalue weighted by atomic mass is 14.9. The van der Waals surface area contributed by atoms with Crippen LogP contribution in [0.15, 0.2) is 132 Å². The number of nitrogens with one attached hydrogen (secondary N) is 1. The van der Waals surface area contributed by atoms with E-state index >= 15 is 0 Å². The molecule has 2 nitrogen and oxygen atoms in total. The Balaban J connectivity index is 1.82. The van der Waals surface area contributed by atoms with Gasteiger partial charge in [-0.1, -0.05) is 97.1 Å². The van der Waals surface area contributed by atoms with Crippen LogP contribution in [0.25, 0.3) is 5.70 Å². The average molecular weight is 374 g/mol. The fourth-order valence-corrected chi connectivity index (χ4v) is 3.05. The van der Waals surface area contributed by atoms with Gasteiger partial charge in [0, 0.05) is 16.9 Å². The van der Waals surface area contributed by atoms with Gasteiger partial charge < -0.3 is 5.32 Å². The molecule has 0 saturated heterocycles. The Hall–Kier alpha value is -3.91. The Morgan fingerprint density at radius 2 is 1.03 bits per heavy atom. The SMILES string of the molecule is C(/C(=Nc1ccccc1)c1ccccc1)=C(\Nc1ccccc1)c1ccccc1. The highest BCUT2D eigenvalue weighted by Gasteiger charge is 2.07. The second kappa shape index (κ2) is 9.34. The summed E-state index contributed by atoms with van der Waals surface area (Å²) in [6.45, 7) is 0. The van der Waals surface area contributed by atoms with Crippen LogP contribution in [0.1, 0.15) is 11.1 Å². The zero-order valence-corrected chi connectivity index (χ0v) is 16.1. The van der Waals surface area contributed by atoms with Crippen molar-refractivity contribution in [3.05, 3.63) is 139 Å². The maximum absolute atomic E-state index is 4.94. The maximum atomic E-state index is 4.94. The smallest absolute Gasteiger partial charge is 0.0730 e. The first-order chi connectivity index (χ1) is 14.4. The molecule has 0 atom stereocenters. The number of nitrogens with zero attached hydrogens (tertiary/aromatic N) is 1. The van der Waals surface area contributed by atoms with E-state index in [1.165, 1.54) is 0 Å². The number of allylic oxidation sites excluding steroid dienone is 1. The number of hydrogen-bond acceptors (Lipinski definition) is 2. The lowest BCUT2D eigenvalue weighted by molar-refractivity contribution is 1.49. The van der Waals surface area contributed by atoms with Crippen LogP contribution in [0.3, 0.4) is 0 Å². The summed E-state index contributed by atoms with van der Waals surface area (Å²) in [5.41, 5.74) is 6.03. The van der Waals surface area contributed by atoms with E-state index in [-0.39, 0.29) is 0 Å². The van der Waals surface area contributed by atoms with Crippen LogP contribution in [-0.4, -0.2) is 5.71 Å². The Labute approximate surface area is 171 Å². The predicted molar refractivity (Wildman–Crippen MR) is 124 cm³/mol. The molecule has 0 spiro atoms. The number of anilines is 1. The molecular formula is C27H22N2. The standard InChI is InChI=1S/C27H22N2/c1-5-13-22(14-6-1)26(28-24-17-9-3-10-18-24)21-27(23-15-7-2-8-16-23)29-25-19-11-4-12-20-25/h1-21,28H/b26-21+,29-27?. The van der Waals surface area contributed by atoms with Gasteiger partial charge in [-0.3, -0.25) is 0 Å². The summed E-state index contributed by atoms with van der Waals surface area (Å²) in [6.07, 6.45) is 2.12. The molecule has 0 fully saturated rings. The fourth-order valence-electron chi connectivity index (χ4n) is 3.05. The van der Waals surface area contributed by atoms with Crippen LogP contribution in [0.2, 0.25) is 0 Å². The minimum Gasteiger partial charge on any atom is -0.355 e. The van der Waals surface area contributed by atoms with Crippen molar-refractivity contribution in [1.29, 1.82) is 0 Å². The molecule has 0 aliphatic carbocycles. The fraction of sp³-hybridized carbons (Fsp3) is 0. The molecule has 4 aromatic carbocycles. The summed E-state index contributed by atoms with van der Waals surface area (Å²) in [4.78, 5) is 4.94. The Morgan fingerprint density at radius 3 is 1.62 bits per heavy atom. The topological polar surface area (TPSA) is 24.4 Å². The Kier molecular flexibility index (Phi) is 5.94. The van der Waals surface area contributed by atoms with Gasteiger partial charge >= 0.3 is 0 Å². The van der Waals surface area contributed by atoms with Gasteiger partial charge in [-0.2, -0.15) is 0 Å². The molecule has 0 radical (unpaired) electrons. The molecule has 0 aliphatic heterocycles. The number of para-hydroxylation sites is 2. The lowest BCUT2D eigenvalue weighted by atomic mass is 10.1. The normalized spacial score (nSPS) is 11.9. The van der Waals surface area contributed by atoms with Crippen molar-refractivity contribution in [3.8, 4) is 0 Å². The summed E-state index contributed by atoms with van der Waals surface area (Å²) in [5, 5.41) is 3.56. The van der Waals surface area contributed by atoms with Gasteiger partial charge in [0.2, 0.25) is 0 Å². The third kappa shape index (κ3) is 5.08. The van der Waals surface area contributed by atoms with Crippen LogP contribution >= 0.6 is 0 Å². The molecule has 140 valence electrons. The van der Waals surface area contributed by atoms with Gasteiger partial charge in [0.05, 0.1) is 11.4 Å². The number of benzene rings is 4. The molecule has 0 unspecified atom stereocenters. The largest absolute Gasteiger partial charge is 0.355 e. The van der Waals surface area contributed by atoms with E-state index in [2.05, 4.69) is 47.8 Å². The van der Waals surface area contributed by atoms with E-state index in [9.17, 15) is 0 Å². The zero-order chi connectivity index (χ0) is 19.7. The lowest BCUT2D eigenvalue weighted by Gasteiger charge is -2.13. The van der Waals surface area contributed by atoms with Crippen LogP contribution in [0.4, 0.5) is 11.4 Å². The first-order valence-corrected chi connectivity index (χ1v) is 9.67. The lowest BCUT2D eigenvalue weighted by Crippen LogP contribution is -2.04. The molecule has 1 N–H and O–H groups in total. The van der Waals surface area contributed by atoms with E-state index in [1.807, 2.05) is 84.9 Å². The molecule has 29 heavy (non-hydrogen) atoms. The molecular weight excluding hydrogens is 352 g/mol. The van der Waals surface area contributed by atoms with Crippen molar-refractivity contribution in [2.24, 2.45) is 4.99 Å². The molecule has 0 aromatic heterocycles. The maximum Gasteiger partial charge on any atom is 0.0730 e. The van der Waals surface area contributed by atoms with Crippen molar-refractivity contribution in [2.45, 2.75) is 0 Å². The summed E-state index contributed by atoms with van der Waals surface area (Å²) >= 11 is 0. The van der Waals surface area contributed by atoms with Gasteiger partial charge in [0.15, 0.2) is 0 Å². The Morgan fingerprint density at radius 1 is 0.552 bits per heavy atom. The van der Waals surface area contributed by atoms with E-state index in [4.69, 9.17) is 4.99 Å². The quantitative estimate of drug-likeness (QED) is 0.362. The molecule has 4 aromatic rings. The van der Waals surface area contributed by atoms with Crippen LogP contribution in [0, 0.1) is 0 Å². The van der Waals surface area contributed by atoms with Gasteiger partial charge in [-0.05, 0) is 35.9 Å². The molecule has 2 heteroatoms. The molecule has 0 heterocycles. The molecule has 0 bridgehead atoms. The summed E-state index contributed by atoms with van der Waals surface area (Å²) < 4.78 is 0. The van der Waals surface area contributed by atoms with Gasteiger partial charge in [-0.15, -0.1) is 0 Å². The average Bonchev–Trinajstić information content (AvgIpc) is 2.81. The summed E-state index contributed by atoms with van der Waals surface area (Å²) in [6, 6.07) is 40.9. The molecule has 0 saturated carbocycles. The Bertz CT molecular complexity index is 1080.